The van der Waals surface area contributed by atoms with Crippen LogP contribution in [0.1, 0.15) is 23.6 Å². The molecule has 4 nitrogen and oxygen atoms in total. The molecule has 0 unspecified atom stereocenters. The molecule has 168 valence electrons. The van der Waals surface area contributed by atoms with Gasteiger partial charge in [-0.1, -0.05) is 97.0 Å². The predicted octanol–water partition coefficient (Wildman–Crippen LogP) is 6.89. The molecule has 0 aliphatic heterocycles. The van der Waals surface area contributed by atoms with E-state index in [1.54, 1.807) is 0 Å². The summed E-state index contributed by atoms with van der Waals surface area (Å²) in [5.41, 5.74) is 7.05. The first-order chi connectivity index (χ1) is 16.6. The summed E-state index contributed by atoms with van der Waals surface area (Å²) in [5, 5.41) is 13.6. The highest BCUT2D eigenvalue weighted by Gasteiger charge is 2.17. The number of carbonyl (C=O) groups is 1. The van der Waals surface area contributed by atoms with Gasteiger partial charge in [0.1, 0.15) is 11.1 Å². The second-order valence-electron chi connectivity index (χ2n) is 7.93. The van der Waals surface area contributed by atoms with Gasteiger partial charge in [-0.15, -0.1) is 0 Å². The largest absolute Gasteiger partial charge is 0.325 e. The number of hydrogen-bond acceptors (Lipinski definition) is 4. The van der Waals surface area contributed by atoms with Crippen molar-refractivity contribution in [1.82, 2.24) is 4.98 Å². The normalized spacial score (nSPS) is 10.5. The predicted molar refractivity (Wildman–Crippen MR) is 140 cm³/mol. The highest BCUT2D eigenvalue weighted by atomic mass is 32.2. The maximum Gasteiger partial charge on any atom is 0.234 e. The van der Waals surface area contributed by atoms with Crippen LogP contribution in [-0.4, -0.2) is 16.6 Å². The molecule has 4 rings (SSSR count). The second-order valence-corrected chi connectivity index (χ2v) is 8.89. The lowest BCUT2D eigenvalue weighted by atomic mass is 9.99. The highest BCUT2D eigenvalue weighted by molar-refractivity contribution is 8.00. The number of aromatic nitrogens is 1. The lowest BCUT2D eigenvalue weighted by molar-refractivity contribution is -0.113. The number of anilines is 1. The zero-order valence-corrected chi connectivity index (χ0v) is 20.0. The Labute approximate surface area is 204 Å². The molecule has 34 heavy (non-hydrogen) atoms. The molecular weight excluding hydrogens is 438 g/mol. The summed E-state index contributed by atoms with van der Waals surface area (Å²) < 4.78 is 0. The van der Waals surface area contributed by atoms with Gasteiger partial charge in [-0.2, -0.15) is 5.26 Å². The summed E-state index contributed by atoms with van der Waals surface area (Å²) in [6.07, 6.45) is 0.836. The molecule has 5 heteroatoms. The number of nitrogens with zero attached hydrogens (tertiary/aromatic N) is 2. The second kappa shape index (κ2) is 10.8. The number of nitriles is 1. The van der Waals surface area contributed by atoms with Gasteiger partial charge in [0, 0.05) is 16.8 Å². The zero-order chi connectivity index (χ0) is 23.9. The first-order valence-electron chi connectivity index (χ1n) is 11.2. The van der Waals surface area contributed by atoms with Crippen molar-refractivity contribution in [2.45, 2.75) is 25.3 Å². The van der Waals surface area contributed by atoms with Crippen molar-refractivity contribution in [1.29, 1.82) is 5.26 Å². The number of nitrogens with one attached hydrogen (secondary N) is 1. The molecular formula is C29H25N3OS. The topological polar surface area (TPSA) is 65.8 Å². The van der Waals surface area contributed by atoms with Gasteiger partial charge in [-0.25, -0.2) is 4.98 Å². The van der Waals surface area contributed by atoms with Crippen LogP contribution in [0.15, 0.2) is 90.0 Å². The number of aryl methyl sites for hydroxylation is 2. The minimum absolute atomic E-state index is 0.126. The molecule has 0 saturated carbocycles. The Morgan fingerprint density at radius 1 is 0.971 bits per heavy atom. The van der Waals surface area contributed by atoms with Crippen LogP contribution in [0.25, 0.3) is 22.4 Å². The Hall–Kier alpha value is -3.88. The fourth-order valence-electron chi connectivity index (χ4n) is 3.72. The fraction of sp³-hybridized carbons (Fsp3) is 0.138. The summed E-state index contributed by atoms with van der Waals surface area (Å²) >= 11 is 1.29. The molecule has 0 radical (unpaired) electrons. The van der Waals surface area contributed by atoms with Crippen LogP contribution in [0.2, 0.25) is 0 Å². The maximum atomic E-state index is 12.8. The van der Waals surface area contributed by atoms with Crippen LogP contribution in [0.3, 0.4) is 0 Å². The van der Waals surface area contributed by atoms with Crippen molar-refractivity contribution >= 4 is 23.4 Å². The van der Waals surface area contributed by atoms with Gasteiger partial charge in [0.15, 0.2) is 0 Å². The monoisotopic (exact) mass is 463 g/mol. The molecule has 0 bridgehead atoms. The number of thioether (sulfide) groups is 1. The van der Waals surface area contributed by atoms with Gasteiger partial charge in [-0.3, -0.25) is 4.79 Å². The lowest BCUT2D eigenvalue weighted by Crippen LogP contribution is -2.15. The van der Waals surface area contributed by atoms with Crippen LogP contribution < -0.4 is 5.32 Å². The third kappa shape index (κ3) is 5.36. The van der Waals surface area contributed by atoms with E-state index in [2.05, 4.69) is 18.3 Å². The Bertz CT molecular complexity index is 1340. The quantitative estimate of drug-likeness (QED) is 0.303. The van der Waals surface area contributed by atoms with E-state index in [1.165, 1.54) is 17.3 Å². The van der Waals surface area contributed by atoms with E-state index < -0.39 is 0 Å². The van der Waals surface area contributed by atoms with Crippen LogP contribution in [0.5, 0.6) is 0 Å². The first-order valence-corrected chi connectivity index (χ1v) is 12.2. The van der Waals surface area contributed by atoms with E-state index in [0.29, 0.717) is 10.6 Å². The molecule has 3 aromatic carbocycles. The van der Waals surface area contributed by atoms with Crippen LogP contribution in [0, 0.1) is 18.3 Å². The maximum absolute atomic E-state index is 12.8. The molecule has 0 fully saturated rings. The average molecular weight is 464 g/mol. The van der Waals surface area contributed by atoms with E-state index in [1.807, 2.05) is 91.9 Å². The Kier molecular flexibility index (Phi) is 7.41. The molecule has 1 amide bonds. The minimum Gasteiger partial charge on any atom is -0.325 e. The molecule has 1 aromatic heterocycles. The number of carbonyl (C=O) groups excluding carboxylic acids is 1. The molecule has 0 saturated heterocycles. The summed E-state index contributed by atoms with van der Waals surface area (Å²) in [6, 6.07) is 30.1. The molecule has 1 heterocycles. The number of para-hydroxylation sites is 1. The molecule has 1 N–H and O–H groups in total. The summed E-state index contributed by atoms with van der Waals surface area (Å²) in [6.45, 7) is 4.10. The van der Waals surface area contributed by atoms with E-state index in [-0.39, 0.29) is 11.7 Å². The van der Waals surface area contributed by atoms with Crippen molar-refractivity contribution in [3.8, 4) is 28.5 Å². The Morgan fingerprint density at radius 2 is 1.68 bits per heavy atom. The smallest absolute Gasteiger partial charge is 0.234 e. The molecule has 0 aliphatic rings. The third-order valence-corrected chi connectivity index (χ3v) is 6.52. The van der Waals surface area contributed by atoms with E-state index >= 15 is 0 Å². The summed E-state index contributed by atoms with van der Waals surface area (Å²) in [5.74, 6) is 0.0317. The zero-order valence-electron chi connectivity index (χ0n) is 19.2. The standard InChI is InChI=1S/C29H25N3OS/c1-3-21-9-7-8-12-26(21)31-28(33)19-34-29-25(18-30)24(22-10-5-4-6-11-22)17-27(32-29)23-15-13-20(2)14-16-23/h4-17H,3,19H2,1-2H3,(H,31,33). The summed E-state index contributed by atoms with van der Waals surface area (Å²) in [7, 11) is 0. The van der Waals surface area contributed by atoms with Gasteiger partial charge in [0.25, 0.3) is 0 Å². The number of hydrogen-bond donors (Lipinski definition) is 1. The van der Waals surface area contributed by atoms with Gasteiger partial charge in [0.2, 0.25) is 5.91 Å². The highest BCUT2D eigenvalue weighted by Crippen LogP contribution is 2.34. The Morgan fingerprint density at radius 3 is 2.38 bits per heavy atom. The van der Waals surface area contributed by atoms with Gasteiger partial charge in [0.05, 0.1) is 17.0 Å². The fourth-order valence-corrected chi connectivity index (χ4v) is 4.53. The number of benzene rings is 3. The number of rotatable bonds is 7. The van der Waals surface area contributed by atoms with Crippen LogP contribution in [-0.2, 0) is 11.2 Å². The van der Waals surface area contributed by atoms with Crippen LogP contribution >= 0.6 is 11.8 Å². The minimum atomic E-state index is -0.126. The summed E-state index contributed by atoms with van der Waals surface area (Å²) in [4.78, 5) is 17.6. The van der Waals surface area contributed by atoms with Crippen LogP contribution in [0.4, 0.5) is 5.69 Å². The van der Waals surface area contributed by atoms with Crippen molar-refractivity contribution in [3.63, 3.8) is 0 Å². The number of pyridine rings is 1. The third-order valence-electron chi connectivity index (χ3n) is 5.54. The molecule has 0 aliphatic carbocycles. The van der Waals surface area contributed by atoms with Crippen molar-refractivity contribution in [2.75, 3.05) is 11.1 Å². The van der Waals surface area contributed by atoms with Crippen molar-refractivity contribution < 1.29 is 4.79 Å². The first kappa shape index (κ1) is 23.3. The van der Waals surface area contributed by atoms with E-state index in [0.717, 1.165) is 40.1 Å². The average Bonchev–Trinajstić information content (AvgIpc) is 2.88. The van der Waals surface area contributed by atoms with Gasteiger partial charge >= 0.3 is 0 Å². The lowest BCUT2D eigenvalue weighted by Gasteiger charge is -2.13. The van der Waals surface area contributed by atoms with E-state index in [4.69, 9.17) is 4.98 Å². The van der Waals surface area contributed by atoms with E-state index in [9.17, 15) is 10.1 Å². The van der Waals surface area contributed by atoms with Crippen molar-refractivity contribution in [3.05, 3.63) is 102 Å². The van der Waals surface area contributed by atoms with Gasteiger partial charge in [-0.05, 0) is 36.6 Å². The van der Waals surface area contributed by atoms with Gasteiger partial charge < -0.3 is 5.32 Å². The SMILES string of the molecule is CCc1ccccc1NC(=O)CSc1nc(-c2ccc(C)cc2)cc(-c2ccccc2)c1C#N. The molecule has 0 spiro atoms. The molecule has 4 aromatic rings. The molecule has 0 atom stereocenters. The Balaban J connectivity index is 1.68. The van der Waals surface area contributed by atoms with Crippen molar-refractivity contribution in [2.24, 2.45) is 0 Å². The number of amides is 1.